The molecule has 0 atom stereocenters. The molecule has 3 aromatic rings. The number of likely N-dealkylation sites (tertiary alicyclic amines) is 1. The van der Waals surface area contributed by atoms with E-state index in [1.165, 1.54) is 37.9 Å². The van der Waals surface area contributed by atoms with Crippen LogP contribution in [-0.2, 0) is 0 Å². The molecule has 0 radical (unpaired) electrons. The molecular weight excluding hydrogens is 386 g/mol. The molecule has 2 aromatic carbocycles. The van der Waals surface area contributed by atoms with Gasteiger partial charge in [0.1, 0.15) is 11.1 Å². The Morgan fingerprint density at radius 3 is 2.40 bits per heavy atom. The predicted octanol–water partition coefficient (Wildman–Crippen LogP) is 6.17. The zero-order valence-corrected chi connectivity index (χ0v) is 18.3. The summed E-state index contributed by atoms with van der Waals surface area (Å²) in [6, 6.07) is 23.1. The fourth-order valence-corrected chi connectivity index (χ4v) is 4.91. The van der Waals surface area contributed by atoms with Crippen molar-refractivity contribution in [2.24, 2.45) is 0 Å². The maximum atomic E-state index is 9.99. The molecule has 2 heterocycles. The first kappa shape index (κ1) is 20.7. The van der Waals surface area contributed by atoms with Gasteiger partial charge in [-0.25, -0.2) is 4.98 Å². The van der Waals surface area contributed by atoms with Crippen LogP contribution < -0.4 is 0 Å². The van der Waals surface area contributed by atoms with Crippen molar-refractivity contribution in [2.75, 3.05) is 25.4 Å². The van der Waals surface area contributed by atoms with Crippen LogP contribution in [0.4, 0.5) is 0 Å². The Kier molecular flexibility index (Phi) is 6.84. The van der Waals surface area contributed by atoms with Crippen LogP contribution in [0.3, 0.4) is 0 Å². The Balaban J connectivity index is 1.68. The monoisotopic (exact) mass is 413 g/mol. The molecule has 3 nitrogen and oxygen atoms in total. The number of piperidine rings is 1. The third kappa shape index (κ3) is 4.92. The molecule has 0 saturated carbocycles. The highest BCUT2D eigenvalue weighted by Crippen LogP contribution is 2.34. The van der Waals surface area contributed by atoms with E-state index in [9.17, 15) is 5.26 Å². The number of benzene rings is 2. The van der Waals surface area contributed by atoms with Crippen molar-refractivity contribution in [3.63, 3.8) is 0 Å². The van der Waals surface area contributed by atoms with Crippen molar-refractivity contribution in [1.29, 1.82) is 5.26 Å². The van der Waals surface area contributed by atoms with Gasteiger partial charge in [0.25, 0.3) is 0 Å². The summed E-state index contributed by atoms with van der Waals surface area (Å²) in [6.07, 6.45) is 3.95. The Hall–Kier alpha value is -2.61. The van der Waals surface area contributed by atoms with Crippen molar-refractivity contribution in [3.8, 4) is 28.5 Å². The van der Waals surface area contributed by atoms with Gasteiger partial charge in [-0.3, -0.25) is 0 Å². The summed E-state index contributed by atoms with van der Waals surface area (Å²) in [5.41, 5.74) is 5.94. The highest BCUT2D eigenvalue weighted by Gasteiger charge is 2.17. The van der Waals surface area contributed by atoms with E-state index in [0.29, 0.717) is 5.56 Å². The molecule has 0 unspecified atom stereocenters. The Morgan fingerprint density at radius 1 is 0.967 bits per heavy atom. The first-order chi connectivity index (χ1) is 14.7. The van der Waals surface area contributed by atoms with E-state index in [2.05, 4.69) is 60.4 Å². The molecular formula is C26H27N3S. The third-order valence-electron chi connectivity index (χ3n) is 5.63. The summed E-state index contributed by atoms with van der Waals surface area (Å²) in [4.78, 5) is 7.47. The first-order valence-electron chi connectivity index (χ1n) is 10.7. The topological polar surface area (TPSA) is 39.9 Å². The highest BCUT2D eigenvalue weighted by atomic mass is 32.2. The lowest BCUT2D eigenvalue weighted by atomic mass is 9.99. The van der Waals surface area contributed by atoms with Crippen molar-refractivity contribution in [3.05, 3.63) is 71.8 Å². The van der Waals surface area contributed by atoms with Gasteiger partial charge in [0, 0.05) is 23.4 Å². The normalized spacial score (nSPS) is 14.4. The second-order valence-electron chi connectivity index (χ2n) is 7.83. The number of hydrogen-bond donors (Lipinski definition) is 0. The van der Waals surface area contributed by atoms with Gasteiger partial charge in [-0.1, -0.05) is 66.6 Å². The highest BCUT2D eigenvalue weighted by molar-refractivity contribution is 7.99. The van der Waals surface area contributed by atoms with Gasteiger partial charge in [0.2, 0.25) is 0 Å². The largest absolute Gasteiger partial charge is 0.303 e. The molecule has 0 N–H and O–H groups in total. The number of rotatable bonds is 6. The standard InChI is InChI=1S/C26H27N3S/c1-20-10-12-22(13-11-20)25-18-23(21-8-4-2-5-9-21)24(19-27)26(28-25)30-17-16-29-14-6-3-7-15-29/h2,4-5,8-13,18H,3,6-7,14-17H2,1H3. The molecule has 1 aliphatic rings. The van der Waals surface area contributed by atoms with Gasteiger partial charge >= 0.3 is 0 Å². The van der Waals surface area contributed by atoms with E-state index in [1.807, 2.05) is 18.2 Å². The second kappa shape index (κ2) is 9.93. The minimum Gasteiger partial charge on any atom is -0.303 e. The van der Waals surface area contributed by atoms with Crippen molar-refractivity contribution < 1.29 is 0 Å². The number of pyridine rings is 1. The fraction of sp³-hybridized carbons (Fsp3) is 0.308. The Morgan fingerprint density at radius 2 is 1.70 bits per heavy atom. The van der Waals surface area contributed by atoms with E-state index in [-0.39, 0.29) is 0 Å². The SMILES string of the molecule is Cc1ccc(-c2cc(-c3ccccc3)c(C#N)c(SCCN3CCCCC3)n2)cc1. The number of nitriles is 1. The van der Waals surface area contributed by atoms with Crippen molar-refractivity contribution in [1.82, 2.24) is 9.88 Å². The minimum absolute atomic E-state index is 0.681. The summed E-state index contributed by atoms with van der Waals surface area (Å²) < 4.78 is 0. The van der Waals surface area contributed by atoms with Crippen LogP contribution in [-0.4, -0.2) is 35.3 Å². The lowest BCUT2D eigenvalue weighted by Gasteiger charge is -2.26. The molecule has 4 heteroatoms. The minimum atomic E-state index is 0.681. The van der Waals surface area contributed by atoms with Crippen molar-refractivity contribution in [2.45, 2.75) is 31.2 Å². The Labute approximate surface area is 183 Å². The molecule has 1 aliphatic heterocycles. The summed E-state index contributed by atoms with van der Waals surface area (Å²) in [6.45, 7) is 5.52. The average molecular weight is 414 g/mol. The molecule has 4 rings (SSSR count). The maximum absolute atomic E-state index is 9.99. The van der Waals surface area contributed by atoms with Gasteiger partial charge in [-0.05, 0) is 44.5 Å². The second-order valence-corrected chi connectivity index (χ2v) is 8.91. The number of aromatic nitrogens is 1. The van der Waals surface area contributed by atoms with Crippen LogP contribution in [0.15, 0.2) is 65.7 Å². The summed E-state index contributed by atoms with van der Waals surface area (Å²) in [5, 5.41) is 10.8. The third-order valence-corrected chi connectivity index (χ3v) is 6.58. The van der Waals surface area contributed by atoms with E-state index < -0.39 is 0 Å². The average Bonchev–Trinajstić information content (AvgIpc) is 2.80. The molecule has 1 saturated heterocycles. The molecule has 1 aromatic heterocycles. The van der Waals surface area contributed by atoms with Gasteiger partial charge < -0.3 is 4.90 Å². The lowest BCUT2D eigenvalue weighted by Crippen LogP contribution is -2.31. The molecule has 0 aliphatic carbocycles. The van der Waals surface area contributed by atoms with Crippen LogP contribution >= 0.6 is 11.8 Å². The molecule has 1 fully saturated rings. The van der Waals surface area contributed by atoms with E-state index in [4.69, 9.17) is 4.98 Å². The number of hydrogen-bond acceptors (Lipinski definition) is 4. The number of thioether (sulfide) groups is 1. The first-order valence-corrected chi connectivity index (χ1v) is 11.7. The van der Waals surface area contributed by atoms with Gasteiger partial charge in [0.15, 0.2) is 0 Å². The predicted molar refractivity (Wildman–Crippen MR) is 126 cm³/mol. The number of nitrogens with zero attached hydrogens (tertiary/aromatic N) is 3. The zero-order chi connectivity index (χ0) is 20.8. The smallest absolute Gasteiger partial charge is 0.115 e. The van der Waals surface area contributed by atoms with Gasteiger partial charge in [-0.15, -0.1) is 11.8 Å². The summed E-state index contributed by atoms with van der Waals surface area (Å²) in [5.74, 6) is 0.952. The summed E-state index contributed by atoms with van der Waals surface area (Å²) in [7, 11) is 0. The van der Waals surface area contributed by atoms with Crippen molar-refractivity contribution >= 4 is 11.8 Å². The Bertz CT molecular complexity index is 1020. The molecule has 0 amide bonds. The molecule has 0 spiro atoms. The van der Waals surface area contributed by atoms with Gasteiger partial charge in [0.05, 0.1) is 11.3 Å². The van der Waals surface area contributed by atoms with Crippen LogP contribution in [0.5, 0.6) is 0 Å². The van der Waals surface area contributed by atoms with Crippen LogP contribution in [0.1, 0.15) is 30.4 Å². The van der Waals surface area contributed by atoms with Gasteiger partial charge in [-0.2, -0.15) is 5.26 Å². The quantitative estimate of drug-likeness (QED) is 0.453. The number of aryl methyl sites for hydroxylation is 1. The molecule has 30 heavy (non-hydrogen) atoms. The summed E-state index contributed by atoms with van der Waals surface area (Å²) >= 11 is 1.71. The van der Waals surface area contributed by atoms with E-state index in [1.54, 1.807) is 11.8 Å². The fourth-order valence-electron chi connectivity index (χ4n) is 3.91. The van der Waals surface area contributed by atoms with Crippen LogP contribution in [0.25, 0.3) is 22.4 Å². The van der Waals surface area contributed by atoms with Crippen LogP contribution in [0.2, 0.25) is 0 Å². The lowest BCUT2D eigenvalue weighted by molar-refractivity contribution is 0.242. The molecule has 0 bridgehead atoms. The van der Waals surface area contributed by atoms with E-state index in [0.717, 1.165) is 39.7 Å². The van der Waals surface area contributed by atoms with Crippen LogP contribution in [0, 0.1) is 18.3 Å². The molecule has 152 valence electrons. The van der Waals surface area contributed by atoms with E-state index >= 15 is 0 Å². The zero-order valence-electron chi connectivity index (χ0n) is 17.5. The maximum Gasteiger partial charge on any atom is 0.115 e.